The molecule has 1 saturated carbocycles. The van der Waals surface area contributed by atoms with Crippen molar-refractivity contribution in [3.05, 3.63) is 53.4 Å². The molecule has 1 fully saturated rings. The number of benzene rings is 1. The number of hydrogen-bond acceptors (Lipinski definition) is 2. The lowest BCUT2D eigenvalue weighted by Gasteiger charge is -2.09. The maximum Gasteiger partial charge on any atom is 0.224 e. The summed E-state index contributed by atoms with van der Waals surface area (Å²) in [5.74, 6) is 0.630. The number of halogens is 1. The second-order valence-electron chi connectivity index (χ2n) is 5.82. The standard InChI is InChI=1S/C17H20FN3O/c1-12-11-20-16(21(12)15-5-6-15)7-8-19-17(22)10-13-3-2-4-14(18)9-13/h2-4,9,11,15H,5-8,10H2,1H3,(H,19,22). The molecule has 1 N–H and O–H groups in total. The zero-order valence-electron chi connectivity index (χ0n) is 12.7. The topological polar surface area (TPSA) is 46.9 Å². The van der Waals surface area contributed by atoms with Crippen LogP contribution in [0.1, 0.15) is 36.0 Å². The van der Waals surface area contributed by atoms with Gasteiger partial charge < -0.3 is 9.88 Å². The molecule has 1 aliphatic rings. The summed E-state index contributed by atoms with van der Waals surface area (Å²) in [5.41, 5.74) is 1.87. The Hall–Kier alpha value is -2.17. The van der Waals surface area contributed by atoms with Gasteiger partial charge in [0.25, 0.3) is 0 Å². The summed E-state index contributed by atoms with van der Waals surface area (Å²) < 4.78 is 15.4. The van der Waals surface area contributed by atoms with Crippen molar-refractivity contribution in [1.82, 2.24) is 14.9 Å². The lowest BCUT2D eigenvalue weighted by molar-refractivity contribution is -0.120. The molecule has 1 amide bonds. The van der Waals surface area contributed by atoms with Crippen LogP contribution in [0, 0.1) is 12.7 Å². The first kappa shape index (κ1) is 14.8. The van der Waals surface area contributed by atoms with E-state index < -0.39 is 0 Å². The lowest BCUT2D eigenvalue weighted by Crippen LogP contribution is -2.28. The summed E-state index contributed by atoms with van der Waals surface area (Å²) in [6, 6.07) is 6.74. The largest absolute Gasteiger partial charge is 0.355 e. The van der Waals surface area contributed by atoms with Crippen LogP contribution in [0.15, 0.2) is 30.5 Å². The molecule has 1 heterocycles. The number of amides is 1. The van der Waals surface area contributed by atoms with Crippen LogP contribution >= 0.6 is 0 Å². The van der Waals surface area contributed by atoms with Gasteiger partial charge in [0.1, 0.15) is 11.6 Å². The van der Waals surface area contributed by atoms with E-state index in [1.807, 2.05) is 6.20 Å². The van der Waals surface area contributed by atoms with Crippen LogP contribution in [0.4, 0.5) is 4.39 Å². The molecule has 1 aromatic heterocycles. The quantitative estimate of drug-likeness (QED) is 0.891. The Labute approximate surface area is 129 Å². The summed E-state index contributed by atoms with van der Waals surface area (Å²) in [4.78, 5) is 16.3. The molecule has 0 bridgehead atoms. The third kappa shape index (κ3) is 3.53. The molecule has 2 aromatic rings. The molecule has 0 radical (unpaired) electrons. The minimum atomic E-state index is -0.313. The van der Waals surface area contributed by atoms with Crippen LogP contribution in [0.25, 0.3) is 0 Å². The van der Waals surface area contributed by atoms with E-state index >= 15 is 0 Å². The van der Waals surface area contributed by atoms with Gasteiger partial charge in [-0.1, -0.05) is 12.1 Å². The number of hydrogen-bond donors (Lipinski definition) is 1. The van der Waals surface area contributed by atoms with E-state index in [1.165, 1.54) is 30.7 Å². The van der Waals surface area contributed by atoms with Crippen LogP contribution < -0.4 is 5.32 Å². The zero-order chi connectivity index (χ0) is 15.5. The number of carbonyl (C=O) groups excluding carboxylic acids is 1. The lowest BCUT2D eigenvalue weighted by atomic mass is 10.1. The fourth-order valence-corrected chi connectivity index (χ4v) is 2.72. The van der Waals surface area contributed by atoms with Crippen molar-refractivity contribution in [2.75, 3.05) is 6.54 Å². The van der Waals surface area contributed by atoms with E-state index in [1.54, 1.807) is 12.1 Å². The number of rotatable bonds is 6. The Morgan fingerprint density at radius 2 is 2.27 bits per heavy atom. The Bertz CT molecular complexity index is 676. The molecule has 5 heteroatoms. The van der Waals surface area contributed by atoms with Gasteiger partial charge in [0, 0.05) is 30.9 Å². The monoisotopic (exact) mass is 301 g/mol. The number of carbonyl (C=O) groups is 1. The minimum Gasteiger partial charge on any atom is -0.355 e. The molecule has 116 valence electrons. The number of imidazole rings is 1. The van der Waals surface area contributed by atoms with Crippen LogP contribution in [0.2, 0.25) is 0 Å². The molecule has 0 atom stereocenters. The van der Waals surface area contributed by atoms with E-state index in [0.717, 1.165) is 12.2 Å². The SMILES string of the molecule is Cc1cnc(CCNC(=O)Cc2cccc(F)c2)n1C1CC1. The van der Waals surface area contributed by atoms with Crippen LogP contribution in [0.5, 0.6) is 0 Å². The van der Waals surface area contributed by atoms with Crippen LogP contribution in [-0.2, 0) is 17.6 Å². The molecule has 0 spiro atoms. The van der Waals surface area contributed by atoms with Gasteiger partial charge in [0.15, 0.2) is 0 Å². The van der Waals surface area contributed by atoms with Gasteiger partial charge in [0.2, 0.25) is 5.91 Å². The molecule has 22 heavy (non-hydrogen) atoms. The predicted octanol–water partition coefficient (Wildman–Crippen LogP) is 2.57. The van der Waals surface area contributed by atoms with E-state index in [4.69, 9.17) is 0 Å². The fraction of sp³-hybridized carbons (Fsp3) is 0.412. The molecule has 0 unspecified atom stereocenters. The summed E-state index contributed by atoms with van der Waals surface area (Å²) in [6.45, 7) is 2.62. The minimum absolute atomic E-state index is 0.0909. The summed E-state index contributed by atoms with van der Waals surface area (Å²) in [7, 11) is 0. The first-order valence-corrected chi connectivity index (χ1v) is 7.67. The van der Waals surface area contributed by atoms with Crippen molar-refractivity contribution in [3.63, 3.8) is 0 Å². The molecular weight excluding hydrogens is 281 g/mol. The smallest absolute Gasteiger partial charge is 0.224 e. The van der Waals surface area contributed by atoms with Crippen molar-refractivity contribution in [3.8, 4) is 0 Å². The van der Waals surface area contributed by atoms with Gasteiger partial charge in [-0.3, -0.25) is 4.79 Å². The number of nitrogens with one attached hydrogen (secondary N) is 1. The Balaban J connectivity index is 1.50. The summed E-state index contributed by atoms with van der Waals surface area (Å²) in [5, 5.41) is 2.88. The van der Waals surface area contributed by atoms with E-state index in [9.17, 15) is 9.18 Å². The van der Waals surface area contributed by atoms with Crippen LogP contribution in [0.3, 0.4) is 0 Å². The van der Waals surface area contributed by atoms with Crippen molar-refractivity contribution in [2.24, 2.45) is 0 Å². The van der Waals surface area contributed by atoms with Crippen molar-refractivity contribution in [2.45, 2.75) is 38.6 Å². The van der Waals surface area contributed by atoms with Crippen molar-refractivity contribution in [1.29, 1.82) is 0 Å². The highest BCUT2D eigenvalue weighted by Crippen LogP contribution is 2.36. The zero-order valence-corrected chi connectivity index (χ0v) is 12.7. The highest BCUT2D eigenvalue weighted by molar-refractivity contribution is 5.78. The highest BCUT2D eigenvalue weighted by Gasteiger charge is 2.26. The Kier molecular flexibility index (Phi) is 4.22. The Morgan fingerprint density at radius 1 is 1.45 bits per heavy atom. The molecule has 0 aliphatic heterocycles. The number of nitrogens with zero attached hydrogens (tertiary/aromatic N) is 2. The maximum atomic E-state index is 13.1. The molecular formula is C17H20FN3O. The molecule has 0 saturated heterocycles. The summed E-state index contributed by atoms with van der Waals surface area (Å²) in [6.07, 6.45) is 5.25. The summed E-state index contributed by atoms with van der Waals surface area (Å²) >= 11 is 0. The number of aromatic nitrogens is 2. The average Bonchev–Trinajstić information content (AvgIpc) is 3.23. The van der Waals surface area contributed by atoms with Gasteiger partial charge in [-0.05, 0) is 37.5 Å². The van der Waals surface area contributed by atoms with Gasteiger partial charge in [-0.2, -0.15) is 0 Å². The molecule has 4 nitrogen and oxygen atoms in total. The molecule has 1 aliphatic carbocycles. The van der Waals surface area contributed by atoms with Crippen LogP contribution in [-0.4, -0.2) is 22.0 Å². The normalized spacial score (nSPS) is 14.1. The third-order valence-electron chi connectivity index (χ3n) is 3.89. The first-order valence-electron chi connectivity index (χ1n) is 7.67. The van der Waals surface area contributed by atoms with Gasteiger partial charge in [0.05, 0.1) is 6.42 Å². The second-order valence-corrected chi connectivity index (χ2v) is 5.82. The van der Waals surface area contributed by atoms with E-state index in [-0.39, 0.29) is 18.1 Å². The molecule has 3 rings (SSSR count). The van der Waals surface area contributed by atoms with E-state index in [2.05, 4.69) is 21.8 Å². The van der Waals surface area contributed by atoms with Gasteiger partial charge in [-0.15, -0.1) is 0 Å². The highest BCUT2D eigenvalue weighted by atomic mass is 19.1. The van der Waals surface area contributed by atoms with Gasteiger partial charge >= 0.3 is 0 Å². The average molecular weight is 301 g/mol. The second kappa shape index (κ2) is 6.30. The maximum absolute atomic E-state index is 13.1. The van der Waals surface area contributed by atoms with Crippen molar-refractivity contribution < 1.29 is 9.18 Å². The number of aryl methyl sites for hydroxylation is 1. The van der Waals surface area contributed by atoms with Crippen molar-refractivity contribution >= 4 is 5.91 Å². The van der Waals surface area contributed by atoms with Gasteiger partial charge in [-0.25, -0.2) is 9.37 Å². The first-order chi connectivity index (χ1) is 10.6. The molecule has 1 aromatic carbocycles. The van der Waals surface area contributed by atoms with E-state index in [0.29, 0.717) is 18.2 Å². The Morgan fingerprint density at radius 3 is 3.00 bits per heavy atom. The predicted molar refractivity (Wildman–Crippen MR) is 82.1 cm³/mol. The fourth-order valence-electron chi connectivity index (χ4n) is 2.72. The third-order valence-corrected chi connectivity index (χ3v) is 3.89.